The van der Waals surface area contributed by atoms with Crippen molar-refractivity contribution in [2.24, 2.45) is 0 Å². The molecule has 5 aromatic rings. The van der Waals surface area contributed by atoms with E-state index in [1.807, 2.05) is 66.0 Å². The van der Waals surface area contributed by atoms with Crippen LogP contribution in [0.15, 0.2) is 133 Å². The van der Waals surface area contributed by atoms with E-state index in [0.29, 0.717) is 27.3 Å². The van der Waals surface area contributed by atoms with Gasteiger partial charge in [0.25, 0.3) is 5.91 Å². The number of rotatable bonds is 8. The monoisotopic (exact) mass is 756 g/mol. The van der Waals surface area contributed by atoms with Crippen LogP contribution < -0.4 is 20.7 Å². The van der Waals surface area contributed by atoms with Gasteiger partial charge in [-0.3, -0.25) is 19.2 Å². The number of carbonyl (C=O) groups is 5. The number of hydrogen-bond donors (Lipinski definition) is 4. The molecule has 2 aliphatic heterocycles. The quantitative estimate of drug-likeness (QED) is 0.165. The zero-order valence-corrected chi connectivity index (χ0v) is 30.7. The van der Waals surface area contributed by atoms with Gasteiger partial charge in [-0.1, -0.05) is 110 Å². The predicted molar refractivity (Wildman–Crippen MR) is 210 cm³/mol. The van der Waals surface area contributed by atoms with Crippen LogP contribution in [0, 0.1) is 0 Å². The summed E-state index contributed by atoms with van der Waals surface area (Å²) in [6, 6.07) is 32.7. The van der Waals surface area contributed by atoms with E-state index in [1.54, 1.807) is 60.7 Å². The third-order valence-electron chi connectivity index (χ3n) is 9.10. The molecule has 0 aliphatic carbocycles. The van der Waals surface area contributed by atoms with E-state index in [0.717, 1.165) is 16.7 Å². The minimum atomic E-state index is -1.30. The van der Waals surface area contributed by atoms with Gasteiger partial charge in [0.1, 0.15) is 23.9 Å². The summed E-state index contributed by atoms with van der Waals surface area (Å²) in [5.41, 5.74) is 4.32. The number of benzene rings is 4. The standard InChI is InChI=1S/C43H40N4O7S/c1-28(37-13-8-22-55-37)40-41(50)45-35(23-29-14-18-33(19-15-29)32-11-6-3-7-12-32)42(51)47(25-31-9-4-2-5-10-31)26-38(48)44-36(43(52)53)24-30-16-20-34(21-17-30)54-27-39(49)46-40/h2-22,35-36,40H,1,23-27H2,(H,44,48)(H,45,50)(H,46,49)(H,52,53). The topological polar surface area (TPSA) is 154 Å². The predicted octanol–water partition coefficient (Wildman–Crippen LogP) is 4.87. The highest BCUT2D eigenvalue weighted by Gasteiger charge is 2.33. The van der Waals surface area contributed by atoms with Crippen molar-refractivity contribution in [3.63, 3.8) is 0 Å². The highest BCUT2D eigenvalue weighted by atomic mass is 32.1. The van der Waals surface area contributed by atoms with Crippen LogP contribution in [0.5, 0.6) is 5.75 Å². The molecule has 11 nitrogen and oxygen atoms in total. The van der Waals surface area contributed by atoms with Crippen LogP contribution in [-0.2, 0) is 43.4 Å². The maximum absolute atomic E-state index is 14.7. The molecule has 0 radical (unpaired) electrons. The molecule has 7 rings (SSSR count). The van der Waals surface area contributed by atoms with Crippen LogP contribution in [0.2, 0.25) is 0 Å². The van der Waals surface area contributed by atoms with Crippen molar-refractivity contribution in [2.75, 3.05) is 13.2 Å². The van der Waals surface area contributed by atoms with Gasteiger partial charge in [0.2, 0.25) is 17.7 Å². The normalized spacial score (nSPS) is 18.5. The molecule has 3 unspecified atom stereocenters. The Hall–Kier alpha value is -6.53. The molecular weight excluding hydrogens is 717 g/mol. The highest BCUT2D eigenvalue weighted by Crippen LogP contribution is 2.24. The first-order chi connectivity index (χ1) is 26.6. The number of hydrogen-bond acceptors (Lipinski definition) is 7. The molecule has 0 saturated carbocycles. The first-order valence-corrected chi connectivity index (χ1v) is 18.5. The van der Waals surface area contributed by atoms with Gasteiger partial charge in [0, 0.05) is 24.3 Å². The van der Waals surface area contributed by atoms with Gasteiger partial charge in [-0.05, 0) is 57.0 Å². The van der Waals surface area contributed by atoms with E-state index >= 15 is 0 Å². The molecule has 0 spiro atoms. The fourth-order valence-corrected chi connectivity index (χ4v) is 6.96. The minimum absolute atomic E-state index is 0.00891. The summed E-state index contributed by atoms with van der Waals surface area (Å²) in [5, 5.41) is 20.0. The van der Waals surface area contributed by atoms with Gasteiger partial charge < -0.3 is 30.7 Å². The fraction of sp³-hybridized carbons (Fsp3) is 0.186. The van der Waals surface area contributed by atoms with Gasteiger partial charge in [-0.15, -0.1) is 11.3 Å². The van der Waals surface area contributed by atoms with Crippen LogP contribution in [0.1, 0.15) is 21.6 Å². The second-order valence-electron chi connectivity index (χ2n) is 13.1. The number of amides is 4. The molecule has 4 N–H and O–H groups in total. The Morgan fingerprint density at radius 2 is 1.44 bits per heavy atom. The molecule has 4 aromatic carbocycles. The number of nitrogens with one attached hydrogen (secondary N) is 3. The van der Waals surface area contributed by atoms with E-state index in [9.17, 15) is 29.1 Å². The van der Waals surface area contributed by atoms with E-state index in [2.05, 4.69) is 22.5 Å². The van der Waals surface area contributed by atoms with Crippen molar-refractivity contribution in [1.82, 2.24) is 20.9 Å². The van der Waals surface area contributed by atoms with Crippen molar-refractivity contribution in [3.05, 3.63) is 155 Å². The van der Waals surface area contributed by atoms with Gasteiger partial charge in [-0.2, -0.15) is 0 Å². The second-order valence-corrected chi connectivity index (χ2v) is 14.1. The van der Waals surface area contributed by atoms with Crippen LogP contribution in [0.25, 0.3) is 16.7 Å². The molecule has 0 fully saturated rings. The SMILES string of the molecule is C=C(c1cccs1)C1NC(=O)COc2ccc(cc2)CC(C(=O)O)NC(=O)CN(Cc2ccccc2)C(=O)C(Cc2ccc(-c3ccccc3)cc2)NC1=O. The Morgan fingerprint density at radius 1 is 0.764 bits per heavy atom. The lowest BCUT2D eigenvalue weighted by Crippen LogP contribution is -2.57. The summed E-state index contributed by atoms with van der Waals surface area (Å²) in [6.07, 6.45) is -0.00776. The first-order valence-electron chi connectivity index (χ1n) is 17.7. The summed E-state index contributed by atoms with van der Waals surface area (Å²) in [6.45, 7) is 3.20. The van der Waals surface area contributed by atoms with E-state index < -0.39 is 60.9 Å². The number of aliphatic carboxylic acids is 1. The Balaban J connectivity index is 1.38. The summed E-state index contributed by atoms with van der Waals surface area (Å²) < 4.78 is 5.69. The first kappa shape index (κ1) is 38.2. The number of thiophene rings is 1. The van der Waals surface area contributed by atoms with E-state index in [4.69, 9.17) is 4.74 Å². The lowest BCUT2D eigenvalue weighted by molar-refractivity contribution is -0.143. The summed E-state index contributed by atoms with van der Waals surface area (Å²) >= 11 is 1.34. The van der Waals surface area contributed by atoms with Gasteiger partial charge in [-0.25, -0.2) is 4.79 Å². The molecule has 1 aromatic heterocycles. The zero-order valence-electron chi connectivity index (χ0n) is 29.9. The molecule has 4 amide bonds. The van der Waals surface area contributed by atoms with Crippen LogP contribution in [0.4, 0.5) is 0 Å². The number of ether oxygens (including phenoxy) is 1. The maximum Gasteiger partial charge on any atom is 0.326 e. The molecule has 2 aliphatic rings. The number of carboxylic acids is 1. The minimum Gasteiger partial charge on any atom is -0.484 e. The van der Waals surface area contributed by atoms with E-state index in [1.165, 1.54) is 16.2 Å². The average molecular weight is 757 g/mol. The van der Waals surface area contributed by atoms with Gasteiger partial charge in [0.05, 0.1) is 6.54 Å². The van der Waals surface area contributed by atoms with Crippen molar-refractivity contribution in [3.8, 4) is 16.9 Å². The Morgan fingerprint density at radius 3 is 2.09 bits per heavy atom. The molecule has 0 saturated heterocycles. The highest BCUT2D eigenvalue weighted by molar-refractivity contribution is 7.11. The maximum atomic E-state index is 14.7. The zero-order chi connectivity index (χ0) is 38.7. The molecule has 2 bridgehead atoms. The lowest BCUT2D eigenvalue weighted by atomic mass is 9.99. The van der Waals surface area contributed by atoms with Crippen LogP contribution in [-0.4, -0.2) is 70.9 Å². The third kappa shape index (κ3) is 10.3. The Bertz CT molecular complexity index is 2120. The summed E-state index contributed by atoms with van der Waals surface area (Å²) in [5.74, 6) is -3.49. The van der Waals surface area contributed by atoms with Crippen molar-refractivity contribution in [1.29, 1.82) is 0 Å². The smallest absolute Gasteiger partial charge is 0.326 e. The van der Waals surface area contributed by atoms with Crippen molar-refractivity contribution >= 4 is 46.5 Å². The third-order valence-corrected chi connectivity index (χ3v) is 10.0. The lowest BCUT2D eigenvalue weighted by Gasteiger charge is -2.30. The summed E-state index contributed by atoms with van der Waals surface area (Å²) in [4.78, 5) is 70.2. The largest absolute Gasteiger partial charge is 0.484 e. The Kier molecular flexibility index (Phi) is 12.5. The summed E-state index contributed by atoms with van der Waals surface area (Å²) in [7, 11) is 0. The number of carboxylic acid groups (broad SMARTS) is 1. The van der Waals surface area contributed by atoms with Crippen molar-refractivity contribution in [2.45, 2.75) is 37.5 Å². The number of fused-ring (bicyclic) bond motifs is 16. The van der Waals surface area contributed by atoms with Gasteiger partial charge in [0.15, 0.2) is 6.61 Å². The second kappa shape index (κ2) is 18.0. The average Bonchev–Trinajstić information content (AvgIpc) is 3.74. The van der Waals surface area contributed by atoms with Crippen LogP contribution >= 0.6 is 11.3 Å². The van der Waals surface area contributed by atoms with Gasteiger partial charge >= 0.3 is 5.97 Å². The molecule has 12 heteroatoms. The Labute approximate surface area is 322 Å². The number of carbonyl (C=O) groups excluding carboxylic acids is 4. The van der Waals surface area contributed by atoms with Crippen LogP contribution in [0.3, 0.4) is 0 Å². The fourth-order valence-electron chi connectivity index (χ4n) is 6.23. The van der Waals surface area contributed by atoms with Crippen molar-refractivity contribution < 1.29 is 33.8 Å². The number of nitrogens with zero attached hydrogens (tertiary/aromatic N) is 1. The van der Waals surface area contributed by atoms with E-state index in [-0.39, 0.29) is 19.4 Å². The molecule has 55 heavy (non-hydrogen) atoms. The molecular formula is C43H40N4O7S. The molecule has 3 heterocycles. The molecule has 3 atom stereocenters. The molecule has 280 valence electrons.